The summed E-state index contributed by atoms with van der Waals surface area (Å²) < 4.78 is 5.16. The Bertz CT molecular complexity index is 1500. The predicted molar refractivity (Wildman–Crippen MR) is 207 cm³/mol. The van der Waals surface area contributed by atoms with E-state index in [9.17, 15) is 33.6 Å². The fourth-order valence-corrected chi connectivity index (χ4v) is 10.3. The zero-order valence-corrected chi connectivity index (χ0v) is 33.8. The number of Topliss-reactive ketones (excluding diaryl/α,β-unsaturated/α-hetero) is 3. The molecule has 1 saturated carbocycles. The highest BCUT2D eigenvalue weighted by Crippen LogP contribution is 2.51. The number of nitrogens with one attached hydrogen (secondary N) is 1. The first-order chi connectivity index (χ1) is 25.0. The topological polar surface area (TPSA) is 147 Å². The molecule has 53 heavy (non-hydrogen) atoms. The summed E-state index contributed by atoms with van der Waals surface area (Å²) in [6.45, 7) is 8.36. The highest BCUT2D eigenvalue weighted by atomic mass is 32.2. The van der Waals surface area contributed by atoms with Crippen molar-refractivity contribution in [2.45, 2.75) is 108 Å². The van der Waals surface area contributed by atoms with E-state index in [0.717, 1.165) is 30.8 Å². The number of esters is 1. The maximum absolute atomic E-state index is 14.4. The second-order valence-electron chi connectivity index (χ2n) is 16.0. The maximum Gasteiger partial charge on any atom is 0.306 e. The van der Waals surface area contributed by atoms with Gasteiger partial charge < -0.3 is 19.9 Å². The van der Waals surface area contributed by atoms with Crippen LogP contribution in [0.15, 0.2) is 30.3 Å². The third kappa shape index (κ3) is 11.9. The number of ketones is 3. The first-order valence-corrected chi connectivity index (χ1v) is 20.9. The lowest BCUT2D eigenvalue weighted by Gasteiger charge is -2.36. The van der Waals surface area contributed by atoms with Crippen LogP contribution in [0.3, 0.4) is 0 Å². The van der Waals surface area contributed by atoms with Crippen LogP contribution in [0.25, 0.3) is 0 Å². The first-order valence-electron chi connectivity index (χ1n) is 18.9. The van der Waals surface area contributed by atoms with E-state index in [2.05, 4.69) is 5.32 Å². The lowest BCUT2D eigenvalue weighted by molar-refractivity contribution is -0.153. The summed E-state index contributed by atoms with van der Waals surface area (Å²) in [5.41, 5.74) is 0.0173. The van der Waals surface area contributed by atoms with E-state index in [1.165, 1.54) is 4.90 Å². The van der Waals surface area contributed by atoms with Crippen molar-refractivity contribution in [3.8, 4) is 0 Å². The number of hydrogen-bond acceptors (Lipinski definition) is 10. The van der Waals surface area contributed by atoms with Crippen LogP contribution in [-0.4, -0.2) is 99.7 Å². The number of hydrogen-bond donors (Lipinski definition) is 1. The Hall–Kier alpha value is -3.19. The molecule has 2 saturated heterocycles. The summed E-state index contributed by atoms with van der Waals surface area (Å²) in [7, 11) is 3.18. The van der Waals surface area contributed by atoms with Crippen LogP contribution in [0.4, 0.5) is 0 Å². The monoisotopic (exact) mass is 771 g/mol. The van der Waals surface area contributed by atoms with Crippen LogP contribution >= 0.6 is 23.5 Å². The molecule has 4 rings (SSSR count). The van der Waals surface area contributed by atoms with Gasteiger partial charge in [-0.15, -0.1) is 23.5 Å². The SMILES string of the molecule is CCCC(CC(=O)[C@@H]1CC2(CN1C(=O)[C@@H](CC(=O)OCC1CC1)C(C)(C)C)SCCCS2)C(=O)C(=O)CCC(=O)N[C@H](C(=O)N(C)C)c1ccccc1. The summed E-state index contributed by atoms with van der Waals surface area (Å²) >= 11 is 3.53. The largest absolute Gasteiger partial charge is 0.465 e. The highest BCUT2D eigenvalue weighted by molar-refractivity contribution is 8.18. The number of ether oxygens (including phenoxy) is 1. The van der Waals surface area contributed by atoms with Gasteiger partial charge >= 0.3 is 5.97 Å². The second kappa shape index (κ2) is 18.9. The molecular weight excluding hydrogens is 715 g/mol. The van der Waals surface area contributed by atoms with E-state index >= 15 is 0 Å². The molecule has 3 amide bonds. The van der Waals surface area contributed by atoms with Gasteiger partial charge in [-0.25, -0.2) is 0 Å². The molecule has 3 aliphatic rings. The number of benzene rings is 1. The molecule has 3 fully saturated rings. The molecule has 4 atom stereocenters. The number of thioether (sulfide) groups is 2. The molecule has 11 nitrogen and oxygen atoms in total. The van der Waals surface area contributed by atoms with Gasteiger partial charge in [0.2, 0.25) is 23.5 Å². The molecule has 1 aromatic carbocycles. The fourth-order valence-electron chi connectivity index (χ4n) is 6.92. The first kappa shape index (κ1) is 42.6. The standard InChI is InChI=1S/C40H57N3O8S2/c1-7-12-28(36(48)31(44)17-18-33(46)41-35(38(50)42(5)6)27-13-9-8-10-14-27)21-32(45)30-23-40(52-19-11-20-53-40)25-43(30)37(49)29(39(2,3)4)22-34(47)51-24-26-15-16-26/h8-10,13-14,26,28-30,35H,7,11-12,15-25H2,1-6H3,(H,41,46)/t28?,29-,30+,35+/m1/s1. The van der Waals surface area contributed by atoms with Gasteiger partial charge in [0.1, 0.15) is 6.04 Å². The molecule has 1 aliphatic carbocycles. The van der Waals surface area contributed by atoms with Crippen LogP contribution in [0.5, 0.6) is 0 Å². The Kier molecular flexibility index (Phi) is 15.2. The van der Waals surface area contributed by atoms with E-state index in [4.69, 9.17) is 4.74 Å². The van der Waals surface area contributed by atoms with Crippen molar-refractivity contribution in [1.29, 1.82) is 0 Å². The summed E-state index contributed by atoms with van der Waals surface area (Å²) in [6.07, 6.45) is 3.51. The number of nitrogens with zero attached hydrogens (tertiary/aromatic N) is 2. The predicted octanol–water partition coefficient (Wildman–Crippen LogP) is 5.40. The van der Waals surface area contributed by atoms with Crippen molar-refractivity contribution in [3.05, 3.63) is 35.9 Å². The molecule has 1 aromatic rings. The Labute approximate surface area is 322 Å². The molecule has 13 heteroatoms. The third-order valence-corrected chi connectivity index (χ3v) is 13.6. The molecule has 2 heterocycles. The van der Waals surface area contributed by atoms with Gasteiger partial charge in [0, 0.05) is 52.2 Å². The zero-order chi connectivity index (χ0) is 38.9. The van der Waals surface area contributed by atoms with Crippen molar-refractivity contribution >= 4 is 64.6 Å². The minimum Gasteiger partial charge on any atom is -0.465 e. The second-order valence-corrected chi connectivity index (χ2v) is 19.2. The van der Waals surface area contributed by atoms with Crippen LogP contribution in [0.2, 0.25) is 0 Å². The van der Waals surface area contributed by atoms with Crippen molar-refractivity contribution in [2.75, 3.05) is 38.8 Å². The normalized spacial score (nSPS) is 19.9. The van der Waals surface area contributed by atoms with Crippen molar-refractivity contribution in [2.24, 2.45) is 23.2 Å². The van der Waals surface area contributed by atoms with E-state index in [1.807, 2.05) is 27.7 Å². The van der Waals surface area contributed by atoms with Gasteiger partial charge in [0.05, 0.1) is 29.1 Å². The maximum atomic E-state index is 14.4. The molecule has 2 aliphatic heterocycles. The smallest absolute Gasteiger partial charge is 0.306 e. The quantitative estimate of drug-likeness (QED) is 0.152. The molecular formula is C40H57N3O8S2. The average Bonchev–Trinajstić information content (AvgIpc) is 3.89. The number of amides is 3. The Morgan fingerprint density at radius 1 is 0.981 bits per heavy atom. The minimum atomic E-state index is -0.943. The van der Waals surface area contributed by atoms with Gasteiger partial charge in [-0.1, -0.05) is 64.4 Å². The van der Waals surface area contributed by atoms with Crippen molar-refractivity contribution < 1.29 is 38.3 Å². The number of carbonyl (C=O) groups is 7. The van der Waals surface area contributed by atoms with E-state index in [0.29, 0.717) is 43.9 Å². The van der Waals surface area contributed by atoms with Gasteiger partial charge in [0.15, 0.2) is 11.6 Å². The number of carbonyl (C=O) groups excluding carboxylic acids is 7. The lowest BCUT2D eigenvalue weighted by atomic mass is 9.77. The van der Waals surface area contributed by atoms with Gasteiger partial charge in [-0.2, -0.15) is 0 Å². The molecule has 0 aromatic heterocycles. The summed E-state index contributed by atoms with van der Waals surface area (Å²) in [4.78, 5) is 97.3. The van der Waals surface area contributed by atoms with Gasteiger partial charge in [-0.05, 0) is 54.1 Å². The molecule has 1 spiro atoms. The zero-order valence-electron chi connectivity index (χ0n) is 32.1. The van der Waals surface area contributed by atoms with Gasteiger partial charge in [0.25, 0.3) is 0 Å². The van der Waals surface area contributed by atoms with Crippen LogP contribution in [0.1, 0.15) is 104 Å². The third-order valence-electron chi connectivity index (χ3n) is 10.3. The fraction of sp³-hybridized carbons (Fsp3) is 0.675. The summed E-state index contributed by atoms with van der Waals surface area (Å²) in [6, 6.07) is 7.05. The Morgan fingerprint density at radius 2 is 1.64 bits per heavy atom. The van der Waals surface area contributed by atoms with E-state index < -0.39 is 52.8 Å². The Balaban J connectivity index is 1.45. The number of rotatable bonds is 18. The lowest BCUT2D eigenvalue weighted by Crippen LogP contribution is -2.48. The molecule has 0 bridgehead atoms. The van der Waals surface area contributed by atoms with Gasteiger partial charge in [-0.3, -0.25) is 33.6 Å². The summed E-state index contributed by atoms with van der Waals surface area (Å²) in [5.74, 6) is -2.61. The summed E-state index contributed by atoms with van der Waals surface area (Å²) in [5, 5.41) is 2.70. The molecule has 1 unspecified atom stereocenters. The van der Waals surface area contributed by atoms with Crippen LogP contribution in [-0.2, 0) is 38.3 Å². The van der Waals surface area contributed by atoms with E-state index in [-0.39, 0.29) is 47.4 Å². The molecule has 1 N–H and O–H groups in total. The number of likely N-dealkylation sites (N-methyl/N-ethyl adjacent to an activating group) is 1. The Morgan fingerprint density at radius 3 is 2.23 bits per heavy atom. The minimum absolute atomic E-state index is 0.0752. The number of likely N-dealkylation sites (tertiary alicyclic amines) is 1. The van der Waals surface area contributed by atoms with Crippen LogP contribution in [0, 0.1) is 23.2 Å². The van der Waals surface area contributed by atoms with E-state index in [1.54, 1.807) is 72.9 Å². The molecule has 292 valence electrons. The molecule has 0 radical (unpaired) electrons. The van der Waals surface area contributed by atoms with Crippen molar-refractivity contribution in [1.82, 2.24) is 15.1 Å². The van der Waals surface area contributed by atoms with Crippen molar-refractivity contribution in [3.63, 3.8) is 0 Å². The average molecular weight is 772 g/mol. The van der Waals surface area contributed by atoms with Crippen LogP contribution < -0.4 is 5.32 Å². The highest BCUT2D eigenvalue weighted by Gasteiger charge is 2.52.